The van der Waals surface area contributed by atoms with Crippen molar-refractivity contribution in [3.05, 3.63) is 64.7 Å². The van der Waals surface area contributed by atoms with E-state index < -0.39 is 9.73 Å². The van der Waals surface area contributed by atoms with E-state index in [4.69, 9.17) is 16.9 Å². The fraction of sp³-hybridized carbons (Fsp3) is 0.133. The molecule has 0 heterocycles. The van der Waals surface area contributed by atoms with E-state index in [-0.39, 0.29) is 0 Å². The highest BCUT2D eigenvalue weighted by atomic mass is 35.5. The van der Waals surface area contributed by atoms with Crippen LogP contribution in [0.5, 0.6) is 0 Å². The van der Waals surface area contributed by atoms with Gasteiger partial charge in [0.25, 0.3) is 0 Å². The maximum absolute atomic E-state index is 12.6. The van der Waals surface area contributed by atoms with E-state index in [1.54, 1.807) is 42.7 Å². The second-order valence-corrected chi connectivity index (χ2v) is 7.13. The van der Waals surface area contributed by atoms with Crippen LogP contribution < -0.4 is 0 Å². The molecule has 5 heteroatoms. The van der Waals surface area contributed by atoms with Crippen LogP contribution >= 0.6 is 11.6 Å². The molecule has 0 aliphatic heterocycles. The monoisotopic (exact) mass is 304 g/mol. The van der Waals surface area contributed by atoms with Gasteiger partial charge in [-0.3, -0.25) is 0 Å². The van der Waals surface area contributed by atoms with Gasteiger partial charge >= 0.3 is 0 Å². The number of halogens is 1. The van der Waals surface area contributed by atoms with Crippen molar-refractivity contribution in [3.63, 3.8) is 0 Å². The summed E-state index contributed by atoms with van der Waals surface area (Å²) >= 11 is 5.90. The lowest BCUT2D eigenvalue weighted by Crippen LogP contribution is -1.98. The fourth-order valence-corrected chi connectivity index (χ4v) is 3.09. The molecule has 0 saturated carbocycles. The molecule has 1 unspecified atom stereocenters. The average molecular weight is 305 g/mol. The maximum atomic E-state index is 12.6. The summed E-state index contributed by atoms with van der Waals surface area (Å²) in [7, 11) is -2.47. The molecule has 0 aliphatic carbocycles. The predicted octanol–water partition coefficient (Wildman–Crippen LogP) is 3.87. The van der Waals surface area contributed by atoms with Crippen LogP contribution in [0.25, 0.3) is 0 Å². The molecule has 0 bridgehead atoms. The Labute approximate surface area is 124 Å². The fourth-order valence-electron chi connectivity index (χ4n) is 1.69. The van der Waals surface area contributed by atoms with Gasteiger partial charge in [0, 0.05) is 16.2 Å². The van der Waals surface area contributed by atoms with Crippen LogP contribution in [0.2, 0.25) is 5.02 Å². The highest BCUT2D eigenvalue weighted by molar-refractivity contribution is 7.93. The SMILES string of the molecule is CS(=O)(=NCc1cccc(Cl)c1)c1ccc(C#N)cc1. The van der Waals surface area contributed by atoms with Crippen LogP contribution in [0.1, 0.15) is 11.1 Å². The zero-order valence-corrected chi connectivity index (χ0v) is 12.5. The number of hydrogen-bond donors (Lipinski definition) is 0. The highest BCUT2D eigenvalue weighted by Gasteiger charge is 2.06. The van der Waals surface area contributed by atoms with Gasteiger partial charge in [0.1, 0.15) is 0 Å². The molecule has 0 aromatic heterocycles. The van der Waals surface area contributed by atoms with E-state index in [1.807, 2.05) is 18.2 Å². The molecule has 102 valence electrons. The first-order valence-corrected chi connectivity index (χ1v) is 8.24. The normalized spacial score (nSPS) is 13.2. The minimum absolute atomic E-state index is 0.343. The number of rotatable bonds is 3. The van der Waals surface area contributed by atoms with E-state index in [2.05, 4.69) is 4.36 Å². The first-order chi connectivity index (χ1) is 9.51. The number of nitrogens with zero attached hydrogens (tertiary/aromatic N) is 2. The summed E-state index contributed by atoms with van der Waals surface area (Å²) in [4.78, 5) is 0.624. The summed E-state index contributed by atoms with van der Waals surface area (Å²) in [5.41, 5.74) is 1.46. The first-order valence-electron chi connectivity index (χ1n) is 5.94. The van der Waals surface area contributed by atoms with Gasteiger partial charge in [0.15, 0.2) is 0 Å². The molecular weight excluding hydrogens is 292 g/mol. The lowest BCUT2D eigenvalue weighted by atomic mass is 10.2. The lowest BCUT2D eigenvalue weighted by molar-refractivity contribution is 0.678. The van der Waals surface area contributed by atoms with E-state index >= 15 is 0 Å². The highest BCUT2D eigenvalue weighted by Crippen LogP contribution is 2.16. The van der Waals surface area contributed by atoms with Gasteiger partial charge < -0.3 is 0 Å². The smallest absolute Gasteiger partial charge is 0.0991 e. The van der Waals surface area contributed by atoms with Crippen molar-refractivity contribution in [2.75, 3.05) is 6.26 Å². The molecule has 2 aromatic rings. The third kappa shape index (κ3) is 3.60. The number of nitriles is 1. The third-order valence-corrected chi connectivity index (χ3v) is 4.81. The topological polar surface area (TPSA) is 53.2 Å². The van der Waals surface area contributed by atoms with Crippen LogP contribution in [-0.4, -0.2) is 10.5 Å². The number of benzene rings is 2. The summed E-state index contributed by atoms with van der Waals surface area (Å²) in [6, 6.07) is 16.0. The van der Waals surface area contributed by atoms with E-state index in [0.717, 1.165) is 5.56 Å². The van der Waals surface area contributed by atoms with Crippen molar-refractivity contribution < 1.29 is 4.21 Å². The minimum Gasteiger partial charge on any atom is -0.245 e. The maximum Gasteiger partial charge on any atom is 0.0991 e. The molecule has 1 atom stereocenters. The van der Waals surface area contributed by atoms with Crippen LogP contribution in [-0.2, 0) is 16.3 Å². The van der Waals surface area contributed by atoms with Gasteiger partial charge in [-0.05, 0) is 42.0 Å². The summed E-state index contributed by atoms with van der Waals surface area (Å²) in [6.45, 7) is 0.343. The van der Waals surface area contributed by atoms with E-state index in [0.29, 0.717) is 22.0 Å². The molecule has 3 nitrogen and oxygen atoms in total. The quantitative estimate of drug-likeness (QED) is 0.864. The Morgan fingerprint density at radius 3 is 2.55 bits per heavy atom. The van der Waals surface area contributed by atoms with Crippen molar-refractivity contribution >= 4 is 21.3 Å². The summed E-state index contributed by atoms with van der Waals surface area (Å²) < 4.78 is 16.8. The van der Waals surface area contributed by atoms with Gasteiger partial charge in [-0.15, -0.1) is 0 Å². The van der Waals surface area contributed by atoms with E-state index in [9.17, 15) is 4.21 Å². The molecule has 0 saturated heterocycles. The first kappa shape index (κ1) is 14.6. The molecule has 0 fully saturated rings. The van der Waals surface area contributed by atoms with Gasteiger partial charge in [-0.25, -0.2) is 8.57 Å². The molecule has 2 aromatic carbocycles. The van der Waals surface area contributed by atoms with Crippen molar-refractivity contribution in [2.24, 2.45) is 4.36 Å². The average Bonchev–Trinajstić information content (AvgIpc) is 2.45. The van der Waals surface area contributed by atoms with Crippen molar-refractivity contribution in [3.8, 4) is 6.07 Å². The molecule has 0 amide bonds. The molecule has 0 radical (unpaired) electrons. The van der Waals surface area contributed by atoms with Gasteiger partial charge in [-0.2, -0.15) is 5.26 Å². The predicted molar refractivity (Wildman–Crippen MR) is 81.1 cm³/mol. The Kier molecular flexibility index (Phi) is 4.43. The zero-order valence-electron chi connectivity index (χ0n) is 10.9. The Bertz CT molecular complexity index is 769. The zero-order chi connectivity index (χ0) is 14.6. The van der Waals surface area contributed by atoms with Crippen molar-refractivity contribution in [2.45, 2.75) is 11.4 Å². The summed E-state index contributed by atoms with van der Waals surface area (Å²) in [5.74, 6) is 0. The van der Waals surface area contributed by atoms with Crippen LogP contribution in [0.15, 0.2) is 57.8 Å². The van der Waals surface area contributed by atoms with Gasteiger partial charge in [0.05, 0.1) is 27.9 Å². The Morgan fingerprint density at radius 2 is 1.95 bits per heavy atom. The summed E-state index contributed by atoms with van der Waals surface area (Å²) in [5, 5.41) is 9.39. The molecule has 0 spiro atoms. The minimum atomic E-state index is -2.47. The van der Waals surface area contributed by atoms with Crippen molar-refractivity contribution in [1.82, 2.24) is 0 Å². The van der Waals surface area contributed by atoms with Gasteiger partial charge in [-0.1, -0.05) is 23.7 Å². The lowest BCUT2D eigenvalue weighted by Gasteiger charge is -2.05. The molecule has 0 N–H and O–H groups in total. The standard InChI is InChI=1S/C15H13ClN2OS/c1-20(19,15-7-5-12(10-17)6-8-15)18-11-13-3-2-4-14(16)9-13/h2-9H,11H2,1H3. The Hall–Kier alpha value is -1.83. The second kappa shape index (κ2) is 6.08. The Morgan fingerprint density at radius 1 is 1.25 bits per heavy atom. The molecule has 0 aliphatic rings. The molecular formula is C15H13ClN2OS. The van der Waals surface area contributed by atoms with Crippen LogP contribution in [0, 0.1) is 11.3 Å². The third-order valence-electron chi connectivity index (χ3n) is 2.80. The molecule has 2 rings (SSSR count). The molecule has 20 heavy (non-hydrogen) atoms. The number of hydrogen-bond acceptors (Lipinski definition) is 3. The second-order valence-electron chi connectivity index (χ2n) is 4.36. The van der Waals surface area contributed by atoms with Gasteiger partial charge in [0.2, 0.25) is 0 Å². The van der Waals surface area contributed by atoms with Crippen LogP contribution in [0.3, 0.4) is 0 Å². The largest absolute Gasteiger partial charge is 0.245 e. The van der Waals surface area contributed by atoms with E-state index in [1.165, 1.54) is 0 Å². The summed E-state index contributed by atoms with van der Waals surface area (Å²) in [6.07, 6.45) is 1.60. The Balaban J connectivity index is 2.27. The van der Waals surface area contributed by atoms with Crippen molar-refractivity contribution in [1.29, 1.82) is 5.26 Å². The van der Waals surface area contributed by atoms with Crippen LogP contribution in [0.4, 0.5) is 0 Å².